The average molecular weight is 584 g/mol. The maximum Gasteiger partial charge on any atom is 0.343 e. The molecule has 3 aromatic rings. The highest BCUT2D eigenvalue weighted by Gasteiger charge is 2.32. The van der Waals surface area contributed by atoms with Gasteiger partial charge in [-0.15, -0.1) is 0 Å². The molecule has 10 nitrogen and oxygen atoms in total. The molecule has 0 fully saturated rings. The van der Waals surface area contributed by atoms with Crippen molar-refractivity contribution in [2.75, 3.05) is 7.05 Å². The van der Waals surface area contributed by atoms with Gasteiger partial charge in [-0.2, -0.15) is 0 Å². The summed E-state index contributed by atoms with van der Waals surface area (Å²) >= 11 is 0. The van der Waals surface area contributed by atoms with E-state index in [0.717, 1.165) is 0 Å². The molecule has 1 heterocycles. The Balaban J connectivity index is 0.000000836. The van der Waals surface area contributed by atoms with Crippen LogP contribution in [0.3, 0.4) is 0 Å². The topological polar surface area (TPSA) is 136 Å². The molecule has 0 spiro atoms. The number of amides is 3. The van der Waals surface area contributed by atoms with Crippen LogP contribution in [0.1, 0.15) is 109 Å². The normalized spacial score (nSPS) is 11.2. The third-order valence-corrected chi connectivity index (χ3v) is 5.79. The van der Waals surface area contributed by atoms with Gasteiger partial charge >= 0.3 is 11.9 Å². The van der Waals surface area contributed by atoms with Gasteiger partial charge in [0, 0.05) is 12.6 Å². The molecule has 0 atom stereocenters. The smallest absolute Gasteiger partial charge is 0.343 e. The highest BCUT2D eigenvalue weighted by Crippen LogP contribution is 2.24. The molecule has 1 aliphatic heterocycles. The van der Waals surface area contributed by atoms with E-state index in [0.29, 0.717) is 11.1 Å². The number of nitrogens with zero attached hydrogens (tertiary/aromatic N) is 1. The Morgan fingerprint density at radius 1 is 0.767 bits per heavy atom. The van der Waals surface area contributed by atoms with Gasteiger partial charge in [0.05, 0.1) is 27.8 Å². The monoisotopic (exact) mass is 584 g/mol. The summed E-state index contributed by atoms with van der Waals surface area (Å²) in [6.07, 6.45) is 4.40. The Hall–Kier alpha value is -5.06. The van der Waals surface area contributed by atoms with Crippen molar-refractivity contribution in [1.82, 2.24) is 10.1 Å². The summed E-state index contributed by atoms with van der Waals surface area (Å²) in [4.78, 5) is 72.4. The van der Waals surface area contributed by atoms with Gasteiger partial charge in [0.1, 0.15) is 11.5 Å². The first-order chi connectivity index (χ1) is 20.6. The molecule has 0 saturated heterocycles. The highest BCUT2D eigenvalue weighted by atomic mass is 16.5. The number of carbonyl (C=O) groups is 6. The largest absolute Gasteiger partial charge is 0.423 e. The zero-order chi connectivity index (χ0) is 32.1. The number of aldehydes is 1. The molecule has 1 N–H and O–H groups in total. The maximum atomic E-state index is 12.5. The first-order valence-corrected chi connectivity index (χ1v) is 13.7. The quantitative estimate of drug-likeness (QED) is 0.132. The number of ether oxygens (including phenoxy) is 2. The maximum absolute atomic E-state index is 12.5. The van der Waals surface area contributed by atoms with Crippen LogP contribution in [0, 0.1) is 0 Å². The van der Waals surface area contributed by atoms with Crippen molar-refractivity contribution in [3.05, 3.63) is 94.0 Å². The molecule has 3 aromatic carbocycles. The molecule has 11 heteroatoms. The van der Waals surface area contributed by atoms with Crippen molar-refractivity contribution in [3.8, 4) is 11.5 Å². The number of esters is 2. The number of hydrogen-bond donors (Lipinski definition) is 1. The zero-order valence-electron chi connectivity index (χ0n) is 24.8. The molecule has 0 aliphatic carbocycles. The van der Waals surface area contributed by atoms with Gasteiger partial charge in [-0.3, -0.25) is 19.2 Å². The van der Waals surface area contributed by atoms with Crippen LogP contribution in [0.25, 0.3) is 0 Å². The van der Waals surface area contributed by atoms with Gasteiger partial charge in [0.25, 0.3) is 5.91 Å². The van der Waals surface area contributed by atoms with Gasteiger partial charge in [-0.25, -0.2) is 9.59 Å². The van der Waals surface area contributed by atoms with Gasteiger partial charge in [0.15, 0.2) is 6.29 Å². The van der Waals surface area contributed by atoms with E-state index in [2.05, 4.69) is 33.0 Å². The van der Waals surface area contributed by atoms with Crippen LogP contribution < -0.4 is 14.8 Å². The average Bonchev–Trinajstić information content (AvgIpc) is 3.24. The van der Waals surface area contributed by atoms with E-state index >= 15 is 0 Å². The number of imide groups is 1. The minimum Gasteiger partial charge on any atom is -0.423 e. The lowest BCUT2D eigenvalue weighted by molar-refractivity contribution is 0.0719. The van der Waals surface area contributed by atoms with Crippen LogP contribution in [0.4, 0.5) is 0 Å². The molecule has 1 aliphatic rings. The first-order valence-electron chi connectivity index (χ1n) is 13.7. The van der Waals surface area contributed by atoms with Crippen LogP contribution in [0.5, 0.6) is 11.5 Å². The third-order valence-electron chi connectivity index (χ3n) is 5.79. The Morgan fingerprint density at radius 2 is 1.23 bits per heavy atom. The van der Waals surface area contributed by atoms with Crippen LogP contribution in [0.2, 0.25) is 0 Å². The van der Waals surface area contributed by atoms with E-state index in [1.165, 1.54) is 87.0 Å². The molecule has 4 rings (SSSR count). The van der Waals surface area contributed by atoms with E-state index in [9.17, 15) is 28.8 Å². The van der Waals surface area contributed by atoms with Gasteiger partial charge in [0.2, 0.25) is 19.8 Å². The molecule has 0 saturated carbocycles. The van der Waals surface area contributed by atoms with Crippen molar-refractivity contribution in [2.45, 2.75) is 47.0 Å². The van der Waals surface area contributed by atoms with Crippen molar-refractivity contribution >= 4 is 43.9 Å². The lowest BCUT2D eigenvalue weighted by Crippen LogP contribution is -2.26. The number of carbonyl (C=O) groups excluding carboxylic acids is 6. The standard InChI is InChI=1S/C25H15BN2O8.C4H10.C3H8/c1-27-21(30)19-10-13(2-3-15(19)12-29)24(33)35-16-5-7-17(8-6-16)36-25(34)14-4-9-18-20(11-14)23(32)28(26)22(18)31;1-3-4-2;1-3-2/h2-12H,1H3,(H,27,30);3-4H2,1-2H3;3H2,1-2H3. The molecule has 3 amide bonds. The number of rotatable bonds is 7. The number of unbranched alkanes of at least 4 members (excludes halogenated alkanes) is 1. The van der Waals surface area contributed by atoms with E-state index in [1.807, 2.05) is 0 Å². The third kappa shape index (κ3) is 8.72. The number of benzene rings is 3. The van der Waals surface area contributed by atoms with Crippen LogP contribution in [0.15, 0.2) is 60.7 Å². The Bertz CT molecular complexity index is 1460. The molecule has 2 radical (unpaired) electrons. The summed E-state index contributed by atoms with van der Waals surface area (Å²) in [5, 5.41) is 2.39. The molecule has 43 heavy (non-hydrogen) atoms. The zero-order valence-corrected chi connectivity index (χ0v) is 24.8. The summed E-state index contributed by atoms with van der Waals surface area (Å²) in [5.41, 5.74) is 0.327. The Kier molecular flexibility index (Phi) is 13.0. The fourth-order valence-electron chi connectivity index (χ4n) is 3.41. The molecular weight excluding hydrogens is 551 g/mol. The van der Waals surface area contributed by atoms with Crippen LogP contribution in [-0.2, 0) is 0 Å². The number of fused-ring (bicyclic) bond motifs is 1. The summed E-state index contributed by atoms with van der Waals surface area (Å²) in [5.74, 6) is -3.21. The minimum absolute atomic E-state index is 0.0000364. The molecule has 0 unspecified atom stereocenters. The predicted molar refractivity (Wildman–Crippen MR) is 161 cm³/mol. The fourth-order valence-corrected chi connectivity index (χ4v) is 3.41. The number of hydrogen-bond acceptors (Lipinski definition) is 8. The van der Waals surface area contributed by atoms with E-state index in [-0.39, 0.29) is 44.9 Å². The lowest BCUT2D eigenvalue weighted by Gasteiger charge is -2.09. The van der Waals surface area contributed by atoms with Gasteiger partial charge < -0.3 is 19.6 Å². The summed E-state index contributed by atoms with van der Waals surface area (Å²) < 4.78 is 10.6. The predicted octanol–water partition coefficient (Wildman–Crippen LogP) is 5.20. The summed E-state index contributed by atoms with van der Waals surface area (Å²) in [6, 6.07) is 13.4. The summed E-state index contributed by atoms with van der Waals surface area (Å²) in [6.45, 7) is 8.61. The van der Waals surface area contributed by atoms with Gasteiger partial charge in [-0.1, -0.05) is 53.0 Å². The fraction of sp³-hybridized carbons (Fsp3) is 0.250. The van der Waals surface area contributed by atoms with E-state index in [1.54, 1.807) is 0 Å². The number of nitrogens with one attached hydrogen (secondary N) is 1. The first kappa shape index (κ1) is 34.1. The minimum atomic E-state index is -0.782. The second kappa shape index (κ2) is 16.4. The van der Waals surface area contributed by atoms with E-state index in [4.69, 9.17) is 17.5 Å². The van der Waals surface area contributed by atoms with E-state index < -0.39 is 29.7 Å². The van der Waals surface area contributed by atoms with Crippen molar-refractivity contribution in [1.29, 1.82) is 0 Å². The van der Waals surface area contributed by atoms with Crippen molar-refractivity contribution in [3.63, 3.8) is 0 Å². The van der Waals surface area contributed by atoms with Gasteiger partial charge in [-0.05, 0) is 54.6 Å². The highest BCUT2D eigenvalue weighted by molar-refractivity contribution is 6.36. The Morgan fingerprint density at radius 3 is 1.70 bits per heavy atom. The second-order valence-corrected chi connectivity index (χ2v) is 9.20. The lowest BCUT2D eigenvalue weighted by atomic mass is 10.0. The second-order valence-electron chi connectivity index (χ2n) is 9.20. The molecule has 0 bridgehead atoms. The summed E-state index contributed by atoms with van der Waals surface area (Å²) in [7, 11) is 6.80. The van der Waals surface area contributed by atoms with Crippen LogP contribution in [-0.4, -0.2) is 55.8 Å². The SMILES string of the molecule is CCC.CCCC.[B]N1C(=O)c2ccc(C(=O)Oc3ccc(OC(=O)c4ccc(C=O)c(C(=O)NC)c4)cc3)cc2C1=O. The molecular formula is C32H33BN2O8. The Labute approximate surface area is 251 Å². The van der Waals surface area contributed by atoms with Crippen molar-refractivity contribution < 1.29 is 38.2 Å². The van der Waals surface area contributed by atoms with Crippen molar-refractivity contribution in [2.24, 2.45) is 0 Å². The molecule has 222 valence electrons. The van der Waals surface area contributed by atoms with Crippen LogP contribution >= 0.6 is 0 Å². The molecule has 0 aromatic heterocycles.